The number of aliphatic imine (C=N–C) groups is 1. The van der Waals surface area contributed by atoms with Gasteiger partial charge in [0.15, 0.2) is 11.8 Å². The molecule has 6 heteroatoms. The zero-order valence-corrected chi connectivity index (χ0v) is 15.7. The van der Waals surface area contributed by atoms with Crippen LogP contribution in [-0.4, -0.2) is 41.0 Å². The third-order valence-electron chi connectivity index (χ3n) is 3.86. The summed E-state index contributed by atoms with van der Waals surface area (Å²) in [6.07, 6.45) is 0. The molecule has 3 rings (SSSR count). The predicted molar refractivity (Wildman–Crippen MR) is 105 cm³/mol. The highest BCUT2D eigenvalue weighted by atomic mass is 32.2. The highest BCUT2D eigenvalue weighted by molar-refractivity contribution is 8.14. The van der Waals surface area contributed by atoms with E-state index < -0.39 is 0 Å². The van der Waals surface area contributed by atoms with Gasteiger partial charge in [-0.25, -0.2) is 4.99 Å². The Kier molecular flexibility index (Phi) is 6.17. The summed E-state index contributed by atoms with van der Waals surface area (Å²) in [6.45, 7) is 4.51. The zero-order chi connectivity index (χ0) is 18.4. The number of carbonyl (C=O) groups excluding carboxylic acids is 1. The van der Waals surface area contributed by atoms with Crippen molar-refractivity contribution in [2.75, 3.05) is 19.0 Å². The molecule has 0 radical (unpaired) electrons. The molecule has 1 unspecified atom stereocenters. The number of hydrogen-bond acceptors (Lipinski definition) is 5. The van der Waals surface area contributed by atoms with Gasteiger partial charge in [-0.3, -0.25) is 9.69 Å². The van der Waals surface area contributed by atoms with Crippen LogP contribution in [0.1, 0.15) is 13.8 Å². The molecular formula is C20H22N2O3S. The molecule has 1 amide bonds. The highest BCUT2D eigenvalue weighted by Gasteiger charge is 2.32. The number of amides is 1. The molecule has 1 aliphatic rings. The van der Waals surface area contributed by atoms with E-state index in [1.54, 1.807) is 16.7 Å². The molecule has 26 heavy (non-hydrogen) atoms. The second kappa shape index (κ2) is 8.76. The normalized spacial score (nSPS) is 18.2. The highest BCUT2D eigenvalue weighted by Crippen LogP contribution is 2.32. The van der Waals surface area contributed by atoms with E-state index in [4.69, 9.17) is 9.47 Å². The van der Waals surface area contributed by atoms with Crippen molar-refractivity contribution in [3.05, 3.63) is 54.6 Å². The molecule has 0 N–H and O–H groups in total. The van der Waals surface area contributed by atoms with E-state index in [1.165, 1.54) is 0 Å². The standard InChI is InChI=1S/C20H22N2O3S/c1-3-24-18-12-8-7-11-17(18)21-20-22(15(2)14-26-20)19(23)13-25-16-9-5-4-6-10-16/h4-12,15H,3,13-14H2,1-2H3. The molecule has 2 aromatic carbocycles. The molecule has 2 aromatic rings. The molecule has 1 atom stereocenters. The monoisotopic (exact) mass is 370 g/mol. The first-order valence-corrected chi connectivity index (χ1v) is 9.61. The molecule has 1 heterocycles. The fraction of sp³-hybridized carbons (Fsp3) is 0.300. The van der Waals surface area contributed by atoms with Gasteiger partial charge >= 0.3 is 0 Å². The van der Waals surface area contributed by atoms with Crippen LogP contribution in [0.25, 0.3) is 0 Å². The van der Waals surface area contributed by atoms with Crippen LogP contribution in [0.15, 0.2) is 59.6 Å². The molecule has 136 valence electrons. The molecule has 0 aromatic heterocycles. The number of benzene rings is 2. The van der Waals surface area contributed by atoms with Gasteiger partial charge in [-0.2, -0.15) is 0 Å². The Balaban J connectivity index is 1.76. The van der Waals surface area contributed by atoms with Crippen LogP contribution in [0, 0.1) is 0 Å². The van der Waals surface area contributed by atoms with Crippen LogP contribution in [0.5, 0.6) is 11.5 Å². The number of thioether (sulfide) groups is 1. The SMILES string of the molecule is CCOc1ccccc1N=C1SCC(C)N1C(=O)COc1ccccc1. The van der Waals surface area contributed by atoms with Gasteiger partial charge in [-0.15, -0.1) is 0 Å². The lowest BCUT2D eigenvalue weighted by Crippen LogP contribution is -2.40. The summed E-state index contributed by atoms with van der Waals surface area (Å²) < 4.78 is 11.2. The number of para-hydroxylation sites is 3. The Morgan fingerprint density at radius 1 is 1.15 bits per heavy atom. The third kappa shape index (κ3) is 4.38. The Bertz CT molecular complexity index is 780. The van der Waals surface area contributed by atoms with Crippen molar-refractivity contribution in [1.29, 1.82) is 0 Å². The first-order valence-electron chi connectivity index (χ1n) is 8.62. The lowest BCUT2D eigenvalue weighted by Gasteiger charge is -2.21. The van der Waals surface area contributed by atoms with Crippen LogP contribution < -0.4 is 9.47 Å². The van der Waals surface area contributed by atoms with E-state index in [0.29, 0.717) is 17.5 Å². The van der Waals surface area contributed by atoms with Crippen LogP contribution in [0.4, 0.5) is 5.69 Å². The van der Waals surface area contributed by atoms with Gasteiger partial charge in [0.2, 0.25) is 0 Å². The number of hydrogen-bond donors (Lipinski definition) is 0. The van der Waals surface area contributed by atoms with Crippen LogP contribution >= 0.6 is 11.8 Å². The summed E-state index contributed by atoms with van der Waals surface area (Å²) in [5.74, 6) is 2.11. The Morgan fingerprint density at radius 3 is 2.65 bits per heavy atom. The van der Waals surface area contributed by atoms with Crippen molar-refractivity contribution in [3.63, 3.8) is 0 Å². The van der Waals surface area contributed by atoms with E-state index in [2.05, 4.69) is 4.99 Å². The van der Waals surface area contributed by atoms with E-state index in [9.17, 15) is 4.79 Å². The van der Waals surface area contributed by atoms with Crippen LogP contribution in [-0.2, 0) is 4.79 Å². The average Bonchev–Trinajstić information content (AvgIpc) is 3.03. The van der Waals surface area contributed by atoms with Gasteiger partial charge in [-0.1, -0.05) is 42.1 Å². The number of ether oxygens (including phenoxy) is 2. The van der Waals surface area contributed by atoms with Crippen molar-refractivity contribution < 1.29 is 14.3 Å². The summed E-state index contributed by atoms with van der Waals surface area (Å²) in [6, 6.07) is 17.0. The van der Waals surface area contributed by atoms with Gasteiger partial charge in [0.05, 0.1) is 6.61 Å². The summed E-state index contributed by atoms with van der Waals surface area (Å²) >= 11 is 1.57. The van der Waals surface area contributed by atoms with Crippen molar-refractivity contribution >= 4 is 28.5 Å². The summed E-state index contributed by atoms with van der Waals surface area (Å²) in [5, 5.41) is 0.686. The molecule has 0 spiro atoms. The van der Waals surface area contributed by atoms with Crippen molar-refractivity contribution in [2.24, 2.45) is 4.99 Å². The molecule has 0 aliphatic carbocycles. The van der Waals surface area contributed by atoms with Gasteiger partial charge in [-0.05, 0) is 38.1 Å². The first-order chi connectivity index (χ1) is 12.7. The lowest BCUT2D eigenvalue weighted by atomic mass is 10.3. The quantitative estimate of drug-likeness (QED) is 0.768. The predicted octanol–water partition coefficient (Wildman–Crippen LogP) is 4.12. The first kappa shape index (κ1) is 18.3. The largest absolute Gasteiger partial charge is 0.492 e. The molecule has 1 fully saturated rings. The van der Waals surface area contributed by atoms with Crippen LogP contribution in [0.2, 0.25) is 0 Å². The zero-order valence-electron chi connectivity index (χ0n) is 14.9. The lowest BCUT2D eigenvalue weighted by molar-refractivity contribution is -0.130. The maximum Gasteiger partial charge on any atom is 0.266 e. The van der Waals surface area contributed by atoms with Crippen molar-refractivity contribution in [1.82, 2.24) is 4.90 Å². The second-order valence-corrected chi connectivity index (χ2v) is 6.81. The molecule has 0 saturated carbocycles. The van der Waals surface area contributed by atoms with Crippen molar-refractivity contribution in [2.45, 2.75) is 19.9 Å². The van der Waals surface area contributed by atoms with Gasteiger partial charge < -0.3 is 9.47 Å². The van der Waals surface area contributed by atoms with E-state index in [1.807, 2.05) is 68.4 Å². The maximum absolute atomic E-state index is 12.7. The Morgan fingerprint density at radius 2 is 1.88 bits per heavy atom. The minimum Gasteiger partial charge on any atom is -0.492 e. The Labute approximate surface area is 158 Å². The number of rotatable bonds is 6. The average molecular weight is 370 g/mol. The minimum absolute atomic E-state index is 0.0129. The summed E-state index contributed by atoms with van der Waals surface area (Å²) in [7, 11) is 0. The third-order valence-corrected chi connectivity index (χ3v) is 5.05. The molecule has 5 nitrogen and oxygen atoms in total. The molecule has 1 aliphatic heterocycles. The van der Waals surface area contributed by atoms with Crippen molar-refractivity contribution in [3.8, 4) is 11.5 Å². The number of nitrogens with zero attached hydrogens (tertiary/aromatic N) is 2. The van der Waals surface area contributed by atoms with Gasteiger partial charge in [0, 0.05) is 11.8 Å². The number of amidine groups is 1. The molecular weight excluding hydrogens is 348 g/mol. The van der Waals surface area contributed by atoms with E-state index in [-0.39, 0.29) is 18.6 Å². The second-order valence-electron chi connectivity index (χ2n) is 5.82. The smallest absolute Gasteiger partial charge is 0.266 e. The fourth-order valence-electron chi connectivity index (χ4n) is 2.63. The molecule has 0 bridgehead atoms. The molecule has 1 saturated heterocycles. The summed E-state index contributed by atoms with van der Waals surface area (Å²) in [5.41, 5.74) is 0.729. The number of carbonyl (C=O) groups is 1. The summed E-state index contributed by atoms with van der Waals surface area (Å²) in [4.78, 5) is 19.1. The topological polar surface area (TPSA) is 51.1 Å². The maximum atomic E-state index is 12.7. The van der Waals surface area contributed by atoms with E-state index >= 15 is 0 Å². The van der Waals surface area contributed by atoms with E-state index in [0.717, 1.165) is 17.2 Å². The Hall–Kier alpha value is -2.47. The van der Waals surface area contributed by atoms with Gasteiger partial charge in [0.1, 0.15) is 17.2 Å². The fourth-order valence-corrected chi connectivity index (χ4v) is 3.75. The van der Waals surface area contributed by atoms with Gasteiger partial charge in [0.25, 0.3) is 5.91 Å². The van der Waals surface area contributed by atoms with Crippen LogP contribution in [0.3, 0.4) is 0 Å². The minimum atomic E-state index is -0.0982.